The lowest BCUT2D eigenvalue weighted by Crippen LogP contribution is -2.24. The molecule has 24 heavy (non-hydrogen) atoms. The van der Waals surface area contributed by atoms with Crippen molar-refractivity contribution in [3.63, 3.8) is 0 Å². The molecule has 0 saturated heterocycles. The van der Waals surface area contributed by atoms with Crippen LogP contribution in [-0.4, -0.2) is 19.5 Å². The second-order valence-corrected chi connectivity index (χ2v) is 7.53. The Labute approximate surface area is 140 Å². The number of aromatic nitrogens is 1. The Kier molecular flexibility index (Phi) is 5.11. The number of nitrogens with one attached hydrogen (secondary N) is 1. The Hall–Kier alpha value is -1.99. The summed E-state index contributed by atoms with van der Waals surface area (Å²) in [6.07, 6.45) is 5.57. The van der Waals surface area contributed by atoms with Gasteiger partial charge in [-0.15, -0.1) is 0 Å². The van der Waals surface area contributed by atoms with Crippen molar-refractivity contribution in [2.45, 2.75) is 43.2 Å². The third-order valence-electron chi connectivity index (χ3n) is 3.98. The number of halogens is 1. The van der Waals surface area contributed by atoms with E-state index in [1.165, 1.54) is 12.1 Å². The number of benzene rings is 1. The Morgan fingerprint density at radius 2 is 2.00 bits per heavy atom. The predicted molar refractivity (Wildman–Crippen MR) is 87.5 cm³/mol. The van der Waals surface area contributed by atoms with Gasteiger partial charge in [-0.1, -0.05) is 6.07 Å². The molecule has 1 fully saturated rings. The Balaban J connectivity index is 1.69. The summed E-state index contributed by atoms with van der Waals surface area (Å²) in [6.45, 7) is 0.0467. The summed E-state index contributed by atoms with van der Waals surface area (Å²) in [4.78, 5) is 3.91. The van der Waals surface area contributed by atoms with Crippen molar-refractivity contribution >= 4 is 10.0 Å². The average molecular weight is 350 g/mol. The van der Waals surface area contributed by atoms with Gasteiger partial charge in [-0.05, 0) is 56.0 Å². The summed E-state index contributed by atoms with van der Waals surface area (Å²) in [7, 11) is -3.81. The molecule has 1 aliphatic rings. The summed E-state index contributed by atoms with van der Waals surface area (Å²) < 4.78 is 46.7. The van der Waals surface area contributed by atoms with E-state index in [-0.39, 0.29) is 23.3 Å². The molecule has 1 aromatic carbocycles. The fraction of sp³-hybridized carbons (Fsp3) is 0.353. The molecular formula is C17H19FN2O3S. The number of ether oxygens (including phenoxy) is 1. The minimum Gasteiger partial charge on any atom is -0.487 e. The van der Waals surface area contributed by atoms with Gasteiger partial charge in [-0.25, -0.2) is 17.5 Å². The van der Waals surface area contributed by atoms with Gasteiger partial charge in [0, 0.05) is 6.20 Å². The first-order valence-corrected chi connectivity index (χ1v) is 9.39. The zero-order valence-electron chi connectivity index (χ0n) is 13.1. The monoisotopic (exact) mass is 350 g/mol. The van der Waals surface area contributed by atoms with Crippen LogP contribution >= 0.6 is 0 Å². The maximum atomic E-state index is 14.2. The fourth-order valence-electron chi connectivity index (χ4n) is 2.69. The number of hydrogen-bond donors (Lipinski definition) is 1. The number of rotatable bonds is 6. The van der Waals surface area contributed by atoms with Gasteiger partial charge in [0.2, 0.25) is 10.0 Å². The SMILES string of the molecule is O=S(=O)(NCc1ccccn1)c1ccc(OC2CCCC2)c(F)c1. The standard InChI is InChI=1S/C17H19FN2O3S/c18-16-11-15(8-9-17(16)23-14-6-1-2-7-14)24(21,22)20-12-13-5-3-4-10-19-13/h3-5,8-11,14,20H,1-2,6-7,12H2. The number of nitrogens with zero attached hydrogens (tertiary/aromatic N) is 1. The molecule has 1 aliphatic carbocycles. The molecule has 0 aliphatic heterocycles. The van der Waals surface area contributed by atoms with E-state index in [1.54, 1.807) is 24.4 Å². The first-order valence-electron chi connectivity index (χ1n) is 7.90. The van der Waals surface area contributed by atoms with Crippen molar-refractivity contribution in [2.75, 3.05) is 0 Å². The minimum absolute atomic E-state index is 0.0178. The molecule has 5 nitrogen and oxygen atoms in total. The normalized spacial score (nSPS) is 15.5. The predicted octanol–water partition coefficient (Wildman–Crippen LogP) is 3.02. The molecule has 0 unspecified atom stereocenters. The smallest absolute Gasteiger partial charge is 0.241 e. The zero-order valence-corrected chi connectivity index (χ0v) is 13.9. The summed E-state index contributed by atoms with van der Waals surface area (Å²) in [6, 6.07) is 8.95. The van der Waals surface area contributed by atoms with Crippen molar-refractivity contribution in [1.29, 1.82) is 0 Å². The second kappa shape index (κ2) is 7.27. The molecule has 0 atom stereocenters. The van der Waals surface area contributed by atoms with Crippen LogP contribution in [0.1, 0.15) is 31.4 Å². The summed E-state index contributed by atoms with van der Waals surface area (Å²) >= 11 is 0. The van der Waals surface area contributed by atoms with Crippen LogP contribution in [-0.2, 0) is 16.6 Å². The van der Waals surface area contributed by atoms with Gasteiger partial charge in [-0.2, -0.15) is 0 Å². The lowest BCUT2D eigenvalue weighted by molar-refractivity contribution is 0.200. The van der Waals surface area contributed by atoms with E-state index in [9.17, 15) is 12.8 Å². The molecule has 128 valence electrons. The van der Waals surface area contributed by atoms with E-state index < -0.39 is 15.8 Å². The largest absolute Gasteiger partial charge is 0.487 e. The Morgan fingerprint density at radius 1 is 1.21 bits per heavy atom. The van der Waals surface area contributed by atoms with Gasteiger partial charge in [0.15, 0.2) is 11.6 Å². The molecule has 2 aromatic rings. The van der Waals surface area contributed by atoms with Gasteiger partial charge in [0.05, 0.1) is 23.2 Å². The quantitative estimate of drug-likeness (QED) is 0.869. The van der Waals surface area contributed by atoms with E-state index in [2.05, 4.69) is 9.71 Å². The highest BCUT2D eigenvalue weighted by molar-refractivity contribution is 7.89. The van der Waals surface area contributed by atoms with Crippen molar-refractivity contribution in [3.05, 3.63) is 54.1 Å². The van der Waals surface area contributed by atoms with Gasteiger partial charge >= 0.3 is 0 Å². The number of hydrogen-bond acceptors (Lipinski definition) is 4. The summed E-state index contributed by atoms with van der Waals surface area (Å²) in [5.74, 6) is -0.562. The summed E-state index contributed by atoms with van der Waals surface area (Å²) in [5, 5.41) is 0. The van der Waals surface area contributed by atoms with Crippen molar-refractivity contribution < 1.29 is 17.5 Å². The molecule has 1 aromatic heterocycles. The number of pyridine rings is 1. The third-order valence-corrected chi connectivity index (χ3v) is 5.38. The van der Waals surface area contributed by atoms with Gasteiger partial charge < -0.3 is 4.74 Å². The lowest BCUT2D eigenvalue weighted by atomic mass is 10.3. The first-order chi connectivity index (χ1) is 11.5. The highest BCUT2D eigenvalue weighted by atomic mass is 32.2. The second-order valence-electron chi connectivity index (χ2n) is 5.76. The maximum Gasteiger partial charge on any atom is 0.241 e. The van der Waals surface area contributed by atoms with Gasteiger partial charge in [-0.3, -0.25) is 4.98 Å². The van der Waals surface area contributed by atoms with Crippen LogP contribution in [0, 0.1) is 5.82 Å². The highest BCUT2D eigenvalue weighted by Gasteiger charge is 2.20. The Bertz CT molecular complexity index is 791. The average Bonchev–Trinajstić information content (AvgIpc) is 3.09. The molecule has 0 bridgehead atoms. The van der Waals surface area contributed by atoms with E-state index in [0.717, 1.165) is 31.7 Å². The van der Waals surface area contributed by atoms with Crippen LogP contribution in [0.3, 0.4) is 0 Å². The third kappa shape index (κ3) is 4.10. The molecule has 1 saturated carbocycles. The van der Waals surface area contributed by atoms with Crippen LogP contribution < -0.4 is 9.46 Å². The fourth-order valence-corrected chi connectivity index (χ4v) is 3.70. The van der Waals surface area contributed by atoms with Crippen LogP contribution in [0.4, 0.5) is 4.39 Å². The van der Waals surface area contributed by atoms with E-state index in [4.69, 9.17) is 4.74 Å². The van der Waals surface area contributed by atoms with Crippen molar-refractivity contribution in [1.82, 2.24) is 9.71 Å². The number of sulfonamides is 1. The van der Waals surface area contributed by atoms with Crippen molar-refractivity contribution in [3.8, 4) is 5.75 Å². The molecule has 0 spiro atoms. The van der Waals surface area contributed by atoms with Crippen LogP contribution in [0.25, 0.3) is 0 Å². The van der Waals surface area contributed by atoms with Crippen LogP contribution in [0.15, 0.2) is 47.5 Å². The minimum atomic E-state index is -3.81. The lowest BCUT2D eigenvalue weighted by Gasteiger charge is -2.14. The molecule has 1 heterocycles. The summed E-state index contributed by atoms with van der Waals surface area (Å²) in [5.41, 5.74) is 0.586. The Morgan fingerprint density at radius 3 is 2.67 bits per heavy atom. The maximum absolute atomic E-state index is 14.2. The molecule has 3 rings (SSSR count). The zero-order chi connectivity index (χ0) is 17.0. The van der Waals surface area contributed by atoms with Crippen molar-refractivity contribution in [2.24, 2.45) is 0 Å². The van der Waals surface area contributed by atoms with Gasteiger partial charge in [0.25, 0.3) is 0 Å². The molecule has 0 radical (unpaired) electrons. The first kappa shape index (κ1) is 16.9. The van der Waals surface area contributed by atoms with Crippen LogP contribution in [0.5, 0.6) is 5.75 Å². The molecule has 0 amide bonds. The van der Waals surface area contributed by atoms with E-state index >= 15 is 0 Å². The highest BCUT2D eigenvalue weighted by Crippen LogP contribution is 2.27. The topological polar surface area (TPSA) is 68.3 Å². The van der Waals surface area contributed by atoms with Gasteiger partial charge in [0.1, 0.15) is 0 Å². The molecule has 7 heteroatoms. The molecule has 1 N–H and O–H groups in total. The van der Waals surface area contributed by atoms with E-state index in [0.29, 0.717) is 5.69 Å². The van der Waals surface area contributed by atoms with E-state index in [1.807, 2.05) is 0 Å². The molecular weight excluding hydrogens is 331 g/mol. The van der Waals surface area contributed by atoms with Crippen LogP contribution in [0.2, 0.25) is 0 Å².